The minimum Gasteiger partial charge on any atom is -0.394 e. The van der Waals surface area contributed by atoms with Crippen molar-refractivity contribution in [2.45, 2.75) is 19.1 Å². The lowest BCUT2D eigenvalue weighted by molar-refractivity contribution is -0.0152. The highest BCUT2D eigenvalue weighted by molar-refractivity contribution is 9.10. The molecule has 1 rings (SSSR count). The van der Waals surface area contributed by atoms with Crippen LogP contribution < -0.4 is 0 Å². The molecular formula is C10H13BrO3. The van der Waals surface area contributed by atoms with E-state index in [2.05, 4.69) is 15.9 Å². The highest BCUT2D eigenvalue weighted by atomic mass is 79.9. The molecule has 0 saturated carbocycles. The maximum Gasteiger partial charge on any atom is 0.107 e. The van der Waals surface area contributed by atoms with E-state index in [-0.39, 0.29) is 0 Å². The Labute approximate surface area is 91.1 Å². The van der Waals surface area contributed by atoms with Gasteiger partial charge in [-0.25, -0.2) is 0 Å². The van der Waals surface area contributed by atoms with Crippen molar-refractivity contribution in [2.24, 2.45) is 0 Å². The van der Waals surface area contributed by atoms with Crippen molar-refractivity contribution >= 4 is 15.9 Å². The zero-order valence-corrected chi connectivity index (χ0v) is 9.40. The minimum atomic E-state index is -1.13. The van der Waals surface area contributed by atoms with Crippen LogP contribution in [-0.4, -0.2) is 28.0 Å². The number of rotatable bonds is 3. The molecule has 14 heavy (non-hydrogen) atoms. The molecule has 0 fully saturated rings. The van der Waals surface area contributed by atoms with E-state index in [1.807, 2.05) is 13.0 Å². The summed E-state index contributed by atoms with van der Waals surface area (Å²) in [7, 11) is 0. The molecule has 0 aliphatic rings. The third kappa shape index (κ3) is 2.54. The molecule has 0 bridgehead atoms. The highest BCUT2D eigenvalue weighted by Crippen LogP contribution is 2.23. The van der Waals surface area contributed by atoms with Crippen molar-refractivity contribution in [1.29, 1.82) is 0 Å². The molecule has 1 aromatic carbocycles. The first-order valence-corrected chi connectivity index (χ1v) is 5.08. The van der Waals surface area contributed by atoms with E-state index in [0.29, 0.717) is 5.56 Å². The fraction of sp³-hybridized carbons (Fsp3) is 0.400. The Bertz CT molecular complexity index is 314. The van der Waals surface area contributed by atoms with Crippen LogP contribution in [0.4, 0.5) is 0 Å². The maximum absolute atomic E-state index is 9.57. The molecule has 3 N–H and O–H groups in total. The average molecular weight is 261 g/mol. The molecule has 78 valence electrons. The zero-order valence-electron chi connectivity index (χ0n) is 7.81. The fourth-order valence-corrected chi connectivity index (χ4v) is 1.51. The molecule has 0 aromatic heterocycles. The van der Waals surface area contributed by atoms with Crippen molar-refractivity contribution in [3.8, 4) is 0 Å². The first-order chi connectivity index (χ1) is 6.56. The summed E-state index contributed by atoms with van der Waals surface area (Å²) < 4.78 is 0.874. The molecule has 2 atom stereocenters. The van der Waals surface area contributed by atoms with Crippen molar-refractivity contribution in [2.75, 3.05) is 6.61 Å². The summed E-state index contributed by atoms with van der Waals surface area (Å²) in [5.41, 5.74) is 1.64. The second kappa shape index (κ2) is 4.89. The predicted octanol–water partition coefficient (Wildman–Crippen LogP) is 1.14. The fourth-order valence-electron chi connectivity index (χ4n) is 1.12. The summed E-state index contributed by atoms with van der Waals surface area (Å²) in [5, 5.41) is 27.5. The monoisotopic (exact) mass is 260 g/mol. The van der Waals surface area contributed by atoms with Gasteiger partial charge < -0.3 is 15.3 Å². The average Bonchev–Trinajstić information content (AvgIpc) is 2.20. The van der Waals surface area contributed by atoms with Gasteiger partial charge in [-0.05, 0) is 24.1 Å². The van der Waals surface area contributed by atoms with Gasteiger partial charge in [-0.3, -0.25) is 0 Å². The zero-order chi connectivity index (χ0) is 10.7. The Hall–Kier alpha value is -0.420. The molecule has 2 unspecified atom stereocenters. The van der Waals surface area contributed by atoms with Crippen LogP contribution in [0.1, 0.15) is 17.2 Å². The second-order valence-electron chi connectivity index (χ2n) is 3.20. The van der Waals surface area contributed by atoms with E-state index in [9.17, 15) is 10.2 Å². The van der Waals surface area contributed by atoms with Gasteiger partial charge in [-0.1, -0.05) is 28.1 Å². The summed E-state index contributed by atoms with van der Waals surface area (Å²) >= 11 is 3.33. The number of halogens is 1. The summed E-state index contributed by atoms with van der Waals surface area (Å²) in [5.74, 6) is 0. The lowest BCUT2D eigenvalue weighted by atomic mass is 10.0. The Morgan fingerprint density at radius 2 is 2.00 bits per heavy atom. The molecular weight excluding hydrogens is 248 g/mol. The van der Waals surface area contributed by atoms with Crippen molar-refractivity contribution < 1.29 is 15.3 Å². The molecule has 0 saturated heterocycles. The number of benzene rings is 1. The highest BCUT2D eigenvalue weighted by Gasteiger charge is 2.17. The Morgan fingerprint density at radius 3 is 2.50 bits per heavy atom. The predicted molar refractivity (Wildman–Crippen MR) is 56.9 cm³/mol. The van der Waals surface area contributed by atoms with Crippen LogP contribution in [0.15, 0.2) is 22.7 Å². The second-order valence-corrected chi connectivity index (χ2v) is 4.06. The molecule has 0 radical (unpaired) electrons. The Kier molecular flexibility index (Phi) is 4.07. The maximum atomic E-state index is 9.57. The lowest BCUT2D eigenvalue weighted by Crippen LogP contribution is -2.22. The number of aliphatic hydroxyl groups is 3. The van der Waals surface area contributed by atoms with E-state index in [0.717, 1.165) is 10.0 Å². The van der Waals surface area contributed by atoms with E-state index < -0.39 is 18.8 Å². The molecule has 3 nitrogen and oxygen atoms in total. The Balaban J connectivity index is 2.91. The van der Waals surface area contributed by atoms with E-state index >= 15 is 0 Å². The smallest absolute Gasteiger partial charge is 0.107 e. The summed E-state index contributed by atoms with van der Waals surface area (Å²) in [6, 6.07) is 5.30. The molecule has 1 aromatic rings. The van der Waals surface area contributed by atoms with E-state index in [1.54, 1.807) is 12.1 Å². The van der Waals surface area contributed by atoms with Crippen LogP contribution >= 0.6 is 15.9 Å². The molecule has 0 spiro atoms. The van der Waals surface area contributed by atoms with Gasteiger partial charge in [0.05, 0.1) is 6.61 Å². The minimum absolute atomic E-state index is 0.452. The van der Waals surface area contributed by atoms with E-state index in [4.69, 9.17) is 5.11 Å². The number of aryl methyl sites for hydroxylation is 1. The van der Waals surface area contributed by atoms with Gasteiger partial charge in [-0.15, -0.1) is 0 Å². The SMILES string of the molecule is Cc1ccc(C(O)C(O)CO)cc1Br. The van der Waals surface area contributed by atoms with Crippen LogP contribution in [-0.2, 0) is 0 Å². The molecule has 0 aliphatic carbocycles. The third-order valence-corrected chi connectivity index (χ3v) is 2.94. The third-order valence-electron chi connectivity index (χ3n) is 2.09. The van der Waals surface area contributed by atoms with Gasteiger partial charge in [0.15, 0.2) is 0 Å². The van der Waals surface area contributed by atoms with Gasteiger partial charge in [0.25, 0.3) is 0 Å². The largest absolute Gasteiger partial charge is 0.394 e. The van der Waals surface area contributed by atoms with Crippen LogP contribution in [0.5, 0.6) is 0 Å². The van der Waals surface area contributed by atoms with Crippen LogP contribution in [0.3, 0.4) is 0 Å². The van der Waals surface area contributed by atoms with Gasteiger partial charge in [0.1, 0.15) is 12.2 Å². The van der Waals surface area contributed by atoms with E-state index in [1.165, 1.54) is 0 Å². The van der Waals surface area contributed by atoms with Gasteiger partial charge in [0, 0.05) is 4.47 Å². The number of hydrogen-bond donors (Lipinski definition) is 3. The molecule has 0 aliphatic heterocycles. The lowest BCUT2D eigenvalue weighted by Gasteiger charge is -2.16. The van der Waals surface area contributed by atoms with Crippen molar-refractivity contribution in [1.82, 2.24) is 0 Å². The van der Waals surface area contributed by atoms with Crippen molar-refractivity contribution in [3.63, 3.8) is 0 Å². The normalized spacial score (nSPS) is 15.2. The molecule has 0 amide bonds. The molecule has 0 heterocycles. The van der Waals surface area contributed by atoms with Gasteiger partial charge >= 0.3 is 0 Å². The quantitative estimate of drug-likeness (QED) is 0.764. The van der Waals surface area contributed by atoms with Crippen LogP contribution in [0, 0.1) is 6.92 Å². The van der Waals surface area contributed by atoms with Gasteiger partial charge in [-0.2, -0.15) is 0 Å². The first-order valence-electron chi connectivity index (χ1n) is 4.29. The van der Waals surface area contributed by atoms with Crippen LogP contribution in [0.2, 0.25) is 0 Å². The summed E-state index contributed by atoms with van der Waals surface area (Å²) in [6.45, 7) is 1.48. The van der Waals surface area contributed by atoms with Gasteiger partial charge in [0.2, 0.25) is 0 Å². The Morgan fingerprint density at radius 1 is 1.36 bits per heavy atom. The molecule has 4 heteroatoms. The first kappa shape index (κ1) is 11.7. The van der Waals surface area contributed by atoms with Crippen molar-refractivity contribution in [3.05, 3.63) is 33.8 Å². The summed E-state index contributed by atoms with van der Waals surface area (Å²) in [6.07, 6.45) is -2.18. The topological polar surface area (TPSA) is 60.7 Å². The number of aliphatic hydroxyl groups excluding tert-OH is 3. The number of hydrogen-bond acceptors (Lipinski definition) is 3. The van der Waals surface area contributed by atoms with Crippen LogP contribution in [0.25, 0.3) is 0 Å². The summed E-state index contributed by atoms with van der Waals surface area (Å²) in [4.78, 5) is 0. The standard InChI is InChI=1S/C10H13BrO3/c1-6-2-3-7(4-8(6)11)10(14)9(13)5-12/h2-4,9-10,12-14H,5H2,1H3.